The van der Waals surface area contributed by atoms with Crippen molar-refractivity contribution in [2.45, 2.75) is 76.9 Å². The molecular formula is C16H28O3. The Bertz CT molecular complexity index is 274. The molecule has 19 heavy (non-hydrogen) atoms. The zero-order valence-electron chi connectivity index (χ0n) is 12.4. The zero-order valence-corrected chi connectivity index (χ0v) is 12.4. The topological polar surface area (TPSA) is 35.5 Å². The number of carbonyl (C=O) groups excluding carboxylic acids is 1. The second-order valence-electron chi connectivity index (χ2n) is 6.18. The van der Waals surface area contributed by atoms with Gasteiger partial charge in [-0.05, 0) is 57.3 Å². The van der Waals surface area contributed by atoms with E-state index in [4.69, 9.17) is 9.47 Å². The molecule has 2 rings (SSSR count). The Morgan fingerprint density at radius 2 is 1.47 bits per heavy atom. The molecule has 0 aromatic heterocycles. The fourth-order valence-electron chi connectivity index (χ4n) is 3.55. The van der Waals surface area contributed by atoms with Crippen molar-refractivity contribution in [1.29, 1.82) is 0 Å². The summed E-state index contributed by atoms with van der Waals surface area (Å²) in [6.45, 7) is 2.29. The van der Waals surface area contributed by atoms with Crippen LogP contribution in [0.2, 0.25) is 0 Å². The van der Waals surface area contributed by atoms with Crippen LogP contribution in [0, 0.1) is 11.8 Å². The van der Waals surface area contributed by atoms with Gasteiger partial charge < -0.3 is 9.47 Å². The second kappa shape index (κ2) is 7.28. The number of hydrogen-bond donors (Lipinski definition) is 0. The molecule has 0 aliphatic heterocycles. The molecule has 110 valence electrons. The molecule has 2 fully saturated rings. The van der Waals surface area contributed by atoms with Crippen LogP contribution in [0.3, 0.4) is 0 Å². The Hall–Kier alpha value is -0.570. The van der Waals surface area contributed by atoms with Crippen LogP contribution in [0.5, 0.6) is 0 Å². The van der Waals surface area contributed by atoms with Crippen molar-refractivity contribution in [2.75, 3.05) is 7.11 Å². The van der Waals surface area contributed by atoms with Crippen molar-refractivity contribution in [3.8, 4) is 0 Å². The molecule has 2 aliphatic carbocycles. The lowest BCUT2D eigenvalue weighted by molar-refractivity contribution is -0.148. The van der Waals surface area contributed by atoms with Gasteiger partial charge in [-0.3, -0.25) is 4.79 Å². The third kappa shape index (κ3) is 4.20. The first-order valence-electron chi connectivity index (χ1n) is 7.96. The highest BCUT2D eigenvalue weighted by Crippen LogP contribution is 2.32. The fourth-order valence-corrected chi connectivity index (χ4v) is 3.55. The van der Waals surface area contributed by atoms with Gasteiger partial charge in [-0.15, -0.1) is 0 Å². The Balaban J connectivity index is 1.67. The molecule has 3 heteroatoms. The van der Waals surface area contributed by atoms with Crippen molar-refractivity contribution < 1.29 is 14.3 Å². The summed E-state index contributed by atoms with van der Waals surface area (Å²) < 4.78 is 11.1. The van der Waals surface area contributed by atoms with Crippen molar-refractivity contribution in [1.82, 2.24) is 0 Å². The van der Waals surface area contributed by atoms with Crippen LogP contribution in [-0.4, -0.2) is 25.3 Å². The summed E-state index contributed by atoms with van der Waals surface area (Å²) in [6.07, 6.45) is 11.2. The summed E-state index contributed by atoms with van der Waals surface area (Å²) in [5.41, 5.74) is 0. The summed E-state index contributed by atoms with van der Waals surface area (Å²) in [5, 5.41) is 0. The lowest BCUT2D eigenvalue weighted by atomic mass is 9.84. The third-order valence-corrected chi connectivity index (χ3v) is 4.96. The third-order valence-electron chi connectivity index (χ3n) is 4.96. The molecule has 0 N–H and O–H groups in total. The monoisotopic (exact) mass is 268 g/mol. The quantitative estimate of drug-likeness (QED) is 0.729. The van der Waals surface area contributed by atoms with Crippen LogP contribution in [0.15, 0.2) is 0 Å². The smallest absolute Gasteiger partial charge is 0.308 e. The summed E-state index contributed by atoms with van der Waals surface area (Å²) in [7, 11) is 1.48. The average Bonchev–Trinajstić information content (AvgIpc) is 2.48. The van der Waals surface area contributed by atoms with E-state index in [2.05, 4.69) is 6.92 Å². The molecule has 0 heterocycles. The molecule has 0 saturated heterocycles. The molecule has 0 radical (unpaired) electrons. The molecule has 0 amide bonds. The van der Waals surface area contributed by atoms with Gasteiger partial charge in [-0.2, -0.15) is 0 Å². The molecule has 0 atom stereocenters. The van der Waals surface area contributed by atoms with Gasteiger partial charge in [0, 0.05) is 0 Å². The largest absolute Gasteiger partial charge is 0.469 e. The van der Waals surface area contributed by atoms with E-state index in [0.717, 1.165) is 31.6 Å². The van der Waals surface area contributed by atoms with E-state index in [0.29, 0.717) is 12.2 Å². The first-order valence-corrected chi connectivity index (χ1v) is 7.96. The van der Waals surface area contributed by atoms with E-state index < -0.39 is 0 Å². The molecule has 2 saturated carbocycles. The highest BCUT2D eigenvalue weighted by molar-refractivity contribution is 5.72. The van der Waals surface area contributed by atoms with Crippen molar-refractivity contribution in [2.24, 2.45) is 11.8 Å². The van der Waals surface area contributed by atoms with Crippen molar-refractivity contribution in [3.63, 3.8) is 0 Å². The lowest BCUT2D eigenvalue weighted by Gasteiger charge is -2.34. The molecule has 0 spiro atoms. The van der Waals surface area contributed by atoms with Gasteiger partial charge >= 0.3 is 5.97 Å². The second-order valence-corrected chi connectivity index (χ2v) is 6.18. The van der Waals surface area contributed by atoms with E-state index in [1.165, 1.54) is 39.2 Å². The normalized spacial score (nSPS) is 35.9. The van der Waals surface area contributed by atoms with E-state index in [1.807, 2.05) is 0 Å². The van der Waals surface area contributed by atoms with Gasteiger partial charge in [0.05, 0.1) is 25.2 Å². The minimum atomic E-state index is -0.0399. The summed E-state index contributed by atoms with van der Waals surface area (Å²) >= 11 is 0. The van der Waals surface area contributed by atoms with Crippen molar-refractivity contribution >= 4 is 5.97 Å². The van der Waals surface area contributed by atoms with E-state index >= 15 is 0 Å². The van der Waals surface area contributed by atoms with Gasteiger partial charge in [-0.1, -0.05) is 13.3 Å². The van der Waals surface area contributed by atoms with Crippen LogP contribution in [0.25, 0.3) is 0 Å². The average molecular weight is 268 g/mol. The highest BCUT2D eigenvalue weighted by Gasteiger charge is 2.29. The summed E-state index contributed by atoms with van der Waals surface area (Å²) in [5.74, 6) is 0.998. The van der Waals surface area contributed by atoms with Gasteiger partial charge in [0.2, 0.25) is 0 Å². The molecule has 0 aromatic rings. The number of hydrogen-bond acceptors (Lipinski definition) is 3. The minimum Gasteiger partial charge on any atom is -0.469 e. The summed E-state index contributed by atoms with van der Waals surface area (Å²) in [6, 6.07) is 0. The molecular weight excluding hydrogens is 240 g/mol. The van der Waals surface area contributed by atoms with Crippen LogP contribution in [0.4, 0.5) is 0 Å². The first kappa shape index (κ1) is 14.8. The maximum atomic E-state index is 11.5. The maximum Gasteiger partial charge on any atom is 0.308 e. The zero-order chi connectivity index (χ0) is 13.7. The Morgan fingerprint density at radius 1 is 0.947 bits per heavy atom. The Labute approximate surface area is 117 Å². The number of esters is 1. The first-order chi connectivity index (χ1) is 9.22. The maximum absolute atomic E-state index is 11.5. The van der Waals surface area contributed by atoms with Crippen LogP contribution in [-0.2, 0) is 14.3 Å². The van der Waals surface area contributed by atoms with Crippen LogP contribution in [0.1, 0.15) is 64.7 Å². The number of ether oxygens (including phenoxy) is 2. The van der Waals surface area contributed by atoms with E-state index in [9.17, 15) is 4.79 Å². The lowest BCUT2D eigenvalue weighted by Crippen LogP contribution is -2.31. The molecule has 0 bridgehead atoms. The number of methoxy groups -OCH3 is 1. The van der Waals surface area contributed by atoms with Crippen LogP contribution >= 0.6 is 0 Å². The SMILES string of the molecule is CCC1CCC(OC2CCC(C(=O)OC)CC2)CC1. The van der Waals surface area contributed by atoms with E-state index in [-0.39, 0.29) is 11.9 Å². The molecule has 2 aliphatic rings. The highest BCUT2D eigenvalue weighted by atomic mass is 16.5. The van der Waals surface area contributed by atoms with Gasteiger partial charge in [0.15, 0.2) is 0 Å². The molecule has 3 nitrogen and oxygen atoms in total. The Morgan fingerprint density at radius 3 is 1.95 bits per heavy atom. The van der Waals surface area contributed by atoms with Gasteiger partial charge in [0.25, 0.3) is 0 Å². The Kier molecular flexibility index (Phi) is 5.68. The predicted molar refractivity (Wildman–Crippen MR) is 74.9 cm³/mol. The molecule has 0 unspecified atom stereocenters. The van der Waals surface area contributed by atoms with Crippen LogP contribution < -0.4 is 0 Å². The predicted octanol–water partition coefficient (Wildman–Crippen LogP) is 3.70. The minimum absolute atomic E-state index is 0.0399. The number of carbonyl (C=O) groups is 1. The van der Waals surface area contributed by atoms with Crippen molar-refractivity contribution in [3.05, 3.63) is 0 Å². The van der Waals surface area contributed by atoms with E-state index in [1.54, 1.807) is 0 Å². The fraction of sp³-hybridized carbons (Fsp3) is 0.938. The summed E-state index contributed by atoms with van der Waals surface area (Å²) in [4.78, 5) is 11.5. The van der Waals surface area contributed by atoms with Gasteiger partial charge in [-0.25, -0.2) is 0 Å². The number of rotatable bonds is 4. The molecule has 0 aromatic carbocycles. The van der Waals surface area contributed by atoms with Gasteiger partial charge in [0.1, 0.15) is 0 Å². The standard InChI is InChI=1S/C16H28O3/c1-3-12-4-8-14(9-5-12)19-15-10-6-13(7-11-15)16(17)18-2/h12-15H,3-11H2,1-2H3.